The summed E-state index contributed by atoms with van der Waals surface area (Å²) in [6.45, 7) is 2.67. The van der Waals surface area contributed by atoms with Crippen LogP contribution in [0, 0.1) is 11.3 Å². The average Bonchev–Trinajstić information content (AvgIpc) is 2.97. The number of hydrogen-bond donors (Lipinski definition) is 1. The van der Waals surface area contributed by atoms with E-state index in [2.05, 4.69) is 5.32 Å². The number of fused-ring (bicyclic) bond motifs is 1. The van der Waals surface area contributed by atoms with Crippen LogP contribution < -0.4 is 14.8 Å². The topological polar surface area (TPSA) is 97.7 Å². The molecule has 148 valence electrons. The van der Waals surface area contributed by atoms with Crippen LogP contribution in [0.5, 0.6) is 11.5 Å². The number of rotatable bonds is 5. The molecule has 0 aromatic heterocycles. The molecule has 3 rings (SSSR count). The number of hydrogen-bond acceptors (Lipinski definition) is 6. The van der Waals surface area contributed by atoms with Crippen LogP contribution >= 0.6 is 0 Å². The lowest BCUT2D eigenvalue weighted by Crippen LogP contribution is -2.29. The van der Waals surface area contributed by atoms with Crippen LogP contribution in [0.25, 0.3) is 6.08 Å². The van der Waals surface area contributed by atoms with Gasteiger partial charge in [0.1, 0.15) is 0 Å². The Balaban J connectivity index is 1.54. The summed E-state index contributed by atoms with van der Waals surface area (Å²) in [5.41, 5.74) is 1.75. The van der Waals surface area contributed by atoms with Crippen LogP contribution in [-0.4, -0.2) is 31.2 Å². The van der Waals surface area contributed by atoms with Crippen LogP contribution in [0.4, 0.5) is 5.69 Å². The summed E-state index contributed by atoms with van der Waals surface area (Å²) < 4.78 is 16.3. The Morgan fingerprint density at radius 3 is 2.59 bits per heavy atom. The highest BCUT2D eigenvalue weighted by atomic mass is 16.5. The molecule has 7 heteroatoms. The van der Waals surface area contributed by atoms with E-state index in [0.29, 0.717) is 36.0 Å². The zero-order valence-electron chi connectivity index (χ0n) is 15.9. The summed E-state index contributed by atoms with van der Waals surface area (Å²) in [4.78, 5) is 24.2. The molecule has 0 fully saturated rings. The van der Waals surface area contributed by atoms with Gasteiger partial charge < -0.3 is 19.5 Å². The Labute approximate surface area is 168 Å². The first-order valence-electron chi connectivity index (χ1n) is 9.14. The molecule has 0 aliphatic carbocycles. The highest BCUT2D eigenvalue weighted by molar-refractivity contribution is 5.96. The number of nitriles is 1. The quantitative estimate of drug-likeness (QED) is 0.619. The van der Waals surface area contributed by atoms with Gasteiger partial charge in [-0.15, -0.1) is 0 Å². The SMILES string of the molecule is C[C@@H](OC(=O)/C=C/c1ccc2c(c1)OCCCO2)C(=O)Nc1ccc(C#N)cc1. The second-order valence-electron chi connectivity index (χ2n) is 6.35. The van der Waals surface area contributed by atoms with Crippen molar-refractivity contribution in [2.45, 2.75) is 19.4 Å². The third-order valence-corrected chi connectivity index (χ3v) is 4.13. The predicted octanol–water partition coefficient (Wildman–Crippen LogP) is 3.30. The molecule has 0 saturated heterocycles. The van der Waals surface area contributed by atoms with Gasteiger partial charge in [-0.25, -0.2) is 4.79 Å². The fourth-order valence-electron chi connectivity index (χ4n) is 2.59. The van der Waals surface area contributed by atoms with Crippen molar-refractivity contribution in [3.05, 3.63) is 59.7 Å². The summed E-state index contributed by atoms with van der Waals surface area (Å²) in [5.74, 6) is 0.204. The fraction of sp³-hybridized carbons (Fsp3) is 0.227. The largest absolute Gasteiger partial charge is 0.490 e. The van der Waals surface area contributed by atoms with Gasteiger partial charge in [-0.05, 0) is 55.0 Å². The molecule has 0 unspecified atom stereocenters. The maximum atomic E-state index is 12.2. The Kier molecular flexibility index (Phi) is 6.48. The number of anilines is 1. The molecule has 1 amide bonds. The van der Waals surface area contributed by atoms with Crippen molar-refractivity contribution in [1.29, 1.82) is 5.26 Å². The molecule has 7 nitrogen and oxygen atoms in total. The van der Waals surface area contributed by atoms with E-state index < -0.39 is 18.0 Å². The van der Waals surface area contributed by atoms with E-state index in [1.54, 1.807) is 48.5 Å². The first kappa shape index (κ1) is 20.0. The van der Waals surface area contributed by atoms with Crippen molar-refractivity contribution in [1.82, 2.24) is 0 Å². The first-order chi connectivity index (χ1) is 14.0. The van der Waals surface area contributed by atoms with Crippen LogP contribution in [0.15, 0.2) is 48.5 Å². The maximum absolute atomic E-state index is 12.2. The van der Waals surface area contributed by atoms with Crippen LogP contribution in [0.3, 0.4) is 0 Å². The van der Waals surface area contributed by atoms with E-state index in [-0.39, 0.29) is 0 Å². The van der Waals surface area contributed by atoms with Crippen molar-refractivity contribution in [3.63, 3.8) is 0 Å². The molecule has 0 spiro atoms. The zero-order valence-corrected chi connectivity index (χ0v) is 15.9. The lowest BCUT2D eigenvalue weighted by atomic mass is 10.2. The van der Waals surface area contributed by atoms with Gasteiger partial charge in [0.05, 0.1) is 24.8 Å². The monoisotopic (exact) mass is 392 g/mol. The summed E-state index contributed by atoms with van der Waals surface area (Å²) in [7, 11) is 0. The molecule has 2 aromatic rings. The van der Waals surface area contributed by atoms with Gasteiger partial charge in [0.25, 0.3) is 5.91 Å². The molecule has 0 bridgehead atoms. The van der Waals surface area contributed by atoms with Crippen molar-refractivity contribution in [2.24, 2.45) is 0 Å². The van der Waals surface area contributed by atoms with Gasteiger partial charge in [0.15, 0.2) is 17.6 Å². The van der Waals surface area contributed by atoms with Gasteiger partial charge >= 0.3 is 5.97 Å². The van der Waals surface area contributed by atoms with E-state index in [4.69, 9.17) is 19.5 Å². The lowest BCUT2D eigenvalue weighted by molar-refractivity contribution is -0.148. The Hall–Kier alpha value is -3.79. The van der Waals surface area contributed by atoms with E-state index in [1.165, 1.54) is 13.0 Å². The third-order valence-electron chi connectivity index (χ3n) is 4.13. The molecule has 1 heterocycles. The molecule has 1 N–H and O–H groups in total. The number of nitrogens with zero attached hydrogens (tertiary/aromatic N) is 1. The van der Waals surface area contributed by atoms with Crippen LogP contribution in [0.1, 0.15) is 24.5 Å². The number of carbonyl (C=O) groups is 2. The highest BCUT2D eigenvalue weighted by Gasteiger charge is 2.17. The third kappa shape index (κ3) is 5.59. The van der Waals surface area contributed by atoms with Crippen molar-refractivity contribution in [2.75, 3.05) is 18.5 Å². The Morgan fingerprint density at radius 2 is 1.86 bits per heavy atom. The second kappa shape index (κ2) is 9.42. The predicted molar refractivity (Wildman–Crippen MR) is 106 cm³/mol. The molecule has 0 saturated carbocycles. The van der Waals surface area contributed by atoms with E-state index in [1.807, 2.05) is 6.07 Å². The smallest absolute Gasteiger partial charge is 0.331 e. The summed E-state index contributed by atoms with van der Waals surface area (Å²) in [6.07, 6.45) is 2.67. The summed E-state index contributed by atoms with van der Waals surface area (Å²) in [6, 6.07) is 13.8. The number of nitrogens with one attached hydrogen (secondary N) is 1. The van der Waals surface area contributed by atoms with Crippen molar-refractivity contribution >= 4 is 23.6 Å². The minimum Gasteiger partial charge on any atom is -0.490 e. The molecule has 1 atom stereocenters. The molecule has 29 heavy (non-hydrogen) atoms. The normalized spacial score (nSPS) is 13.8. The minimum atomic E-state index is -0.980. The Bertz CT molecular complexity index is 960. The standard InChI is InChI=1S/C22H20N2O5/c1-15(22(26)24-18-7-3-17(14-23)4-8-18)29-21(25)10-6-16-5-9-19-20(13-16)28-12-2-11-27-19/h3-10,13,15H,2,11-12H2,1H3,(H,24,26)/b10-6+/t15-/m1/s1. The lowest BCUT2D eigenvalue weighted by Gasteiger charge is -2.12. The molecular weight excluding hydrogens is 372 g/mol. The Morgan fingerprint density at radius 1 is 1.14 bits per heavy atom. The van der Waals surface area contributed by atoms with Crippen LogP contribution in [0.2, 0.25) is 0 Å². The van der Waals surface area contributed by atoms with E-state index in [9.17, 15) is 9.59 Å². The van der Waals surface area contributed by atoms with E-state index in [0.717, 1.165) is 12.0 Å². The number of amides is 1. The van der Waals surface area contributed by atoms with Gasteiger partial charge in [0.2, 0.25) is 0 Å². The van der Waals surface area contributed by atoms with Crippen molar-refractivity contribution in [3.8, 4) is 17.6 Å². The van der Waals surface area contributed by atoms with Crippen LogP contribution in [-0.2, 0) is 14.3 Å². The molecule has 2 aromatic carbocycles. The van der Waals surface area contributed by atoms with Crippen molar-refractivity contribution < 1.29 is 23.8 Å². The summed E-state index contributed by atoms with van der Waals surface area (Å²) in [5, 5.41) is 11.4. The fourth-order valence-corrected chi connectivity index (χ4v) is 2.59. The maximum Gasteiger partial charge on any atom is 0.331 e. The number of esters is 1. The molecule has 1 aliphatic heterocycles. The molecule has 0 radical (unpaired) electrons. The summed E-state index contributed by atoms with van der Waals surface area (Å²) >= 11 is 0. The van der Waals surface area contributed by atoms with E-state index >= 15 is 0 Å². The molecule has 1 aliphatic rings. The molecular formula is C22H20N2O5. The highest BCUT2D eigenvalue weighted by Crippen LogP contribution is 2.30. The number of ether oxygens (including phenoxy) is 3. The number of carbonyl (C=O) groups excluding carboxylic acids is 2. The van der Waals surface area contributed by atoms with Gasteiger partial charge in [-0.1, -0.05) is 6.07 Å². The second-order valence-corrected chi connectivity index (χ2v) is 6.35. The van der Waals surface area contributed by atoms with Gasteiger partial charge in [-0.3, -0.25) is 4.79 Å². The number of benzene rings is 2. The zero-order chi connectivity index (χ0) is 20.6. The first-order valence-corrected chi connectivity index (χ1v) is 9.14. The van der Waals surface area contributed by atoms with Gasteiger partial charge in [0, 0.05) is 18.2 Å². The minimum absolute atomic E-state index is 0.466. The van der Waals surface area contributed by atoms with Gasteiger partial charge in [-0.2, -0.15) is 5.26 Å². The average molecular weight is 392 g/mol.